The van der Waals surface area contributed by atoms with Crippen molar-refractivity contribution in [3.63, 3.8) is 0 Å². The molecule has 0 aromatic rings. The summed E-state index contributed by atoms with van der Waals surface area (Å²) in [5, 5.41) is 9.21. The maximum absolute atomic E-state index is 12.9. The predicted molar refractivity (Wildman–Crippen MR) is 38.6 cm³/mol. The number of alkyl halides is 2. The van der Waals surface area contributed by atoms with Crippen molar-refractivity contribution >= 4 is 0 Å². The molecule has 1 aliphatic rings. The van der Waals surface area contributed by atoms with Gasteiger partial charge >= 0.3 is 0 Å². The van der Waals surface area contributed by atoms with Gasteiger partial charge in [-0.2, -0.15) is 0 Å². The van der Waals surface area contributed by atoms with Gasteiger partial charge in [0.15, 0.2) is 0 Å². The van der Waals surface area contributed by atoms with Gasteiger partial charge in [-0.1, -0.05) is 13.3 Å². The van der Waals surface area contributed by atoms with E-state index in [-0.39, 0.29) is 6.42 Å². The molecule has 1 saturated carbocycles. The quantitative estimate of drug-likeness (QED) is 0.544. The van der Waals surface area contributed by atoms with Crippen molar-refractivity contribution in [2.24, 2.45) is 5.92 Å². The van der Waals surface area contributed by atoms with Crippen LogP contribution in [0.1, 0.15) is 32.6 Å². The molecule has 11 heavy (non-hydrogen) atoms. The zero-order valence-electron chi connectivity index (χ0n) is 6.69. The summed E-state index contributed by atoms with van der Waals surface area (Å²) in [7, 11) is 0. The summed E-state index contributed by atoms with van der Waals surface area (Å²) in [5.74, 6) is -3.53. The Bertz CT molecular complexity index is 136. The molecule has 2 atom stereocenters. The molecule has 0 saturated heterocycles. The van der Waals surface area contributed by atoms with Gasteiger partial charge in [-0.15, -0.1) is 0 Å². The van der Waals surface area contributed by atoms with E-state index in [0.717, 1.165) is 6.42 Å². The van der Waals surface area contributed by atoms with E-state index < -0.39 is 17.9 Å². The van der Waals surface area contributed by atoms with E-state index in [2.05, 4.69) is 0 Å². The van der Waals surface area contributed by atoms with Crippen LogP contribution in [0.5, 0.6) is 0 Å². The average Bonchev–Trinajstić information content (AvgIpc) is 2.03. The third-order valence-corrected chi connectivity index (χ3v) is 2.50. The van der Waals surface area contributed by atoms with E-state index >= 15 is 0 Å². The lowest BCUT2D eigenvalue weighted by atomic mass is 9.96. The Morgan fingerprint density at radius 3 is 2.64 bits per heavy atom. The molecule has 1 nitrogen and oxygen atoms in total. The Morgan fingerprint density at radius 2 is 2.00 bits per heavy atom. The normalized spacial score (nSPS) is 38.2. The first kappa shape index (κ1) is 8.91. The minimum absolute atomic E-state index is 0.0643. The second-order valence-electron chi connectivity index (χ2n) is 3.36. The van der Waals surface area contributed by atoms with Gasteiger partial charge in [0.1, 0.15) is 0 Å². The number of hydrogen-bond donors (Lipinski definition) is 1. The first-order valence-corrected chi connectivity index (χ1v) is 4.10. The number of aliphatic hydroxyl groups excluding tert-OH is 1. The van der Waals surface area contributed by atoms with Crippen molar-refractivity contribution in [2.45, 2.75) is 44.6 Å². The largest absolute Gasteiger partial charge is 0.393 e. The predicted octanol–water partition coefficient (Wildman–Crippen LogP) is 2.19. The lowest BCUT2D eigenvalue weighted by Crippen LogP contribution is -2.33. The molecule has 66 valence electrons. The van der Waals surface area contributed by atoms with Gasteiger partial charge in [0, 0.05) is 12.3 Å². The summed E-state index contributed by atoms with van der Waals surface area (Å²) in [6.45, 7) is 1.43. The minimum Gasteiger partial charge on any atom is -0.393 e. The van der Waals surface area contributed by atoms with E-state index in [9.17, 15) is 13.9 Å². The highest BCUT2D eigenvalue weighted by atomic mass is 19.3. The zero-order valence-corrected chi connectivity index (χ0v) is 6.69. The Balaban J connectivity index is 2.65. The van der Waals surface area contributed by atoms with Crippen molar-refractivity contribution in [3.8, 4) is 0 Å². The molecule has 0 aliphatic heterocycles. The minimum atomic E-state index is -2.66. The summed E-state index contributed by atoms with van der Waals surface area (Å²) < 4.78 is 25.9. The van der Waals surface area contributed by atoms with Gasteiger partial charge in [0.05, 0.1) is 6.10 Å². The fourth-order valence-electron chi connectivity index (χ4n) is 1.47. The van der Waals surface area contributed by atoms with Crippen LogP contribution in [0.25, 0.3) is 0 Å². The molecule has 1 rings (SSSR count). The van der Waals surface area contributed by atoms with Crippen LogP contribution in [0.15, 0.2) is 0 Å². The molecule has 0 aromatic carbocycles. The number of rotatable bonds is 0. The van der Waals surface area contributed by atoms with Gasteiger partial charge in [0.25, 0.3) is 5.92 Å². The van der Waals surface area contributed by atoms with Crippen LogP contribution < -0.4 is 0 Å². The molecule has 1 fully saturated rings. The highest BCUT2D eigenvalue weighted by molar-refractivity contribution is 4.82. The van der Waals surface area contributed by atoms with E-state index in [1.54, 1.807) is 0 Å². The molecule has 0 heterocycles. The third-order valence-electron chi connectivity index (χ3n) is 2.50. The SMILES string of the molecule is C[C@H]1[C@H](O)CCCCC1(F)F. The maximum atomic E-state index is 12.9. The van der Waals surface area contributed by atoms with Crippen molar-refractivity contribution in [2.75, 3.05) is 0 Å². The molecular formula is C8H14F2O. The Labute approximate surface area is 65.4 Å². The summed E-state index contributed by atoms with van der Waals surface area (Å²) in [5.41, 5.74) is 0. The van der Waals surface area contributed by atoms with E-state index in [1.807, 2.05) is 0 Å². The van der Waals surface area contributed by atoms with Crippen LogP contribution in [0.4, 0.5) is 8.78 Å². The van der Waals surface area contributed by atoms with Crippen molar-refractivity contribution in [1.82, 2.24) is 0 Å². The first-order chi connectivity index (χ1) is 5.04. The number of halogens is 2. The Kier molecular flexibility index (Phi) is 2.47. The summed E-state index contributed by atoms with van der Waals surface area (Å²) in [6.07, 6.45) is 0.907. The molecule has 0 bridgehead atoms. The maximum Gasteiger partial charge on any atom is 0.253 e. The van der Waals surface area contributed by atoms with Crippen LogP contribution in [0.2, 0.25) is 0 Å². The summed E-state index contributed by atoms with van der Waals surface area (Å²) >= 11 is 0. The van der Waals surface area contributed by atoms with Crippen molar-refractivity contribution in [1.29, 1.82) is 0 Å². The molecule has 1 aliphatic carbocycles. The highest BCUT2D eigenvalue weighted by Gasteiger charge is 2.41. The van der Waals surface area contributed by atoms with Crippen LogP contribution in [-0.4, -0.2) is 17.1 Å². The standard InChI is InChI=1S/C8H14F2O/c1-6-7(11)4-2-3-5-8(6,9)10/h6-7,11H,2-5H2,1H3/t6-,7+/m0/s1. The molecule has 0 amide bonds. The number of hydrogen-bond acceptors (Lipinski definition) is 1. The summed E-state index contributed by atoms with van der Waals surface area (Å²) in [6, 6.07) is 0. The fourth-order valence-corrected chi connectivity index (χ4v) is 1.47. The van der Waals surface area contributed by atoms with Gasteiger partial charge < -0.3 is 5.11 Å². The first-order valence-electron chi connectivity index (χ1n) is 4.10. The second kappa shape index (κ2) is 3.05. The third kappa shape index (κ3) is 1.89. The van der Waals surface area contributed by atoms with Crippen LogP contribution in [0.3, 0.4) is 0 Å². The fraction of sp³-hybridized carbons (Fsp3) is 1.00. The van der Waals surface area contributed by atoms with E-state index in [1.165, 1.54) is 6.92 Å². The van der Waals surface area contributed by atoms with Gasteiger partial charge in [-0.3, -0.25) is 0 Å². The average molecular weight is 164 g/mol. The lowest BCUT2D eigenvalue weighted by Gasteiger charge is -2.24. The van der Waals surface area contributed by atoms with E-state index in [0.29, 0.717) is 12.8 Å². The van der Waals surface area contributed by atoms with Crippen LogP contribution >= 0.6 is 0 Å². The lowest BCUT2D eigenvalue weighted by molar-refractivity contribution is -0.0936. The molecule has 1 N–H and O–H groups in total. The molecule has 3 heteroatoms. The molecule has 0 spiro atoms. The monoisotopic (exact) mass is 164 g/mol. The molecule has 0 radical (unpaired) electrons. The Hall–Kier alpha value is -0.180. The summed E-state index contributed by atoms with van der Waals surface area (Å²) in [4.78, 5) is 0. The second-order valence-corrected chi connectivity index (χ2v) is 3.36. The smallest absolute Gasteiger partial charge is 0.253 e. The zero-order chi connectivity index (χ0) is 8.48. The van der Waals surface area contributed by atoms with Crippen LogP contribution in [0, 0.1) is 5.92 Å². The molecule has 0 unspecified atom stereocenters. The number of aliphatic hydroxyl groups is 1. The molecule has 0 aromatic heterocycles. The molecular weight excluding hydrogens is 150 g/mol. The van der Waals surface area contributed by atoms with Crippen molar-refractivity contribution < 1.29 is 13.9 Å². The Morgan fingerprint density at radius 1 is 1.36 bits per heavy atom. The van der Waals surface area contributed by atoms with E-state index in [4.69, 9.17) is 0 Å². The van der Waals surface area contributed by atoms with Gasteiger partial charge in [-0.25, -0.2) is 8.78 Å². The van der Waals surface area contributed by atoms with Gasteiger partial charge in [0.2, 0.25) is 0 Å². The van der Waals surface area contributed by atoms with Crippen molar-refractivity contribution in [3.05, 3.63) is 0 Å². The van der Waals surface area contributed by atoms with Crippen LogP contribution in [-0.2, 0) is 0 Å². The van der Waals surface area contributed by atoms with Gasteiger partial charge in [-0.05, 0) is 12.8 Å². The highest BCUT2D eigenvalue weighted by Crippen LogP contribution is 2.36. The topological polar surface area (TPSA) is 20.2 Å².